The molecule has 3 aliphatic rings. The minimum absolute atomic E-state index is 0.137. The molecule has 0 bridgehead atoms. The van der Waals surface area contributed by atoms with Crippen molar-refractivity contribution in [1.29, 1.82) is 0 Å². The molecule has 1 N–H and O–H groups in total. The predicted octanol–water partition coefficient (Wildman–Crippen LogP) is 2.74. The first kappa shape index (κ1) is 11.5. The van der Waals surface area contributed by atoms with E-state index in [1.807, 2.05) is 0 Å². The molecule has 2 aliphatic carbocycles. The lowest BCUT2D eigenvalue weighted by Crippen LogP contribution is -2.61. The van der Waals surface area contributed by atoms with Crippen molar-refractivity contribution in [2.24, 2.45) is 5.92 Å². The lowest BCUT2D eigenvalue weighted by atomic mass is 9.83. The van der Waals surface area contributed by atoms with E-state index >= 15 is 0 Å². The standard InChI is InChI=1S/C14H23NO2/c16-13-11-7-3-4-8-12(11)17-14(15-13)9-5-1-2-6-10-14/h11-12H,1-10H2,(H,15,16)/t11-,12+/m1/s1. The Morgan fingerprint density at radius 1 is 1.00 bits per heavy atom. The smallest absolute Gasteiger partial charge is 0.227 e. The van der Waals surface area contributed by atoms with E-state index in [1.54, 1.807) is 0 Å². The zero-order valence-corrected chi connectivity index (χ0v) is 10.5. The van der Waals surface area contributed by atoms with E-state index in [9.17, 15) is 4.79 Å². The molecular formula is C14H23NO2. The van der Waals surface area contributed by atoms with Crippen LogP contribution in [0, 0.1) is 5.92 Å². The van der Waals surface area contributed by atoms with Gasteiger partial charge in [0, 0.05) is 0 Å². The number of fused-ring (bicyclic) bond motifs is 1. The number of hydrogen-bond donors (Lipinski definition) is 1. The zero-order chi connectivity index (χ0) is 11.7. The third-order valence-electron chi connectivity index (χ3n) is 4.68. The van der Waals surface area contributed by atoms with Gasteiger partial charge in [-0.2, -0.15) is 0 Å². The summed E-state index contributed by atoms with van der Waals surface area (Å²) in [5, 5.41) is 3.21. The van der Waals surface area contributed by atoms with Gasteiger partial charge in [-0.15, -0.1) is 0 Å². The van der Waals surface area contributed by atoms with Gasteiger partial charge in [-0.25, -0.2) is 0 Å². The number of carbonyl (C=O) groups is 1. The molecule has 0 aromatic rings. The number of amides is 1. The molecule has 1 saturated heterocycles. The zero-order valence-electron chi connectivity index (χ0n) is 10.5. The van der Waals surface area contributed by atoms with E-state index in [0.29, 0.717) is 0 Å². The Kier molecular flexibility index (Phi) is 3.12. The third-order valence-corrected chi connectivity index (χ3v) is 4.68. The largest absolute Gasteiger partial charge is 0.352 e. The molecule has 0 radical (unpaired) electrons. The van der Waals surface area contributed by atoms with E-state index in [1.165, 1.54) is 38.5 Å². The van der Waals surface area contributed by atoms with E-state index < -0.39 is 0 Å². The van der Waals surface area contributed by atoms with Gasteiger partial charge in [-0.05, 0) is 38.5 Å². The van der Waals surface area contributed by atoms with Gasteiger partial charge < -0.3 is 10.1 Å². The minimum Gasteiger partial charge on any atom is -0.352 e. The summed E-state index contributed by atoms with van der Waals surface area (Å²) in [5.74, 6) is 0.403. The molecule has 1 amide bonds. The Hall–Kier alpha value is -0.570. The second-order valence-corrected chi connectivity index (χ2v) is 5.95. The second-order valence-electron chi connectivity index (χ2n) is 5.95. The maximum absolute atomic E-state index is 12.2. The van der Waals surface area contributed by atoms with Crippen LogP contribution in [0.15, 0.2) is 0 Å². The molecule has 3 nitrogen and oxygen atoms in total. The highest BCUT2D eigenvalue weighted by Crippen LogP contribution is 2.38. The average Bonchev–Trinajstić information content (AvgIpc) is 2.55. The van der Waals surface area contributed by atoms with Crippen LogP contribution in [-0.2, 0) is 9.53 Å². The molecule has 1 aliphatic heterocycles. The van der Waals surface area contributed by atoms with Crippen LogP contribution in [0.4, 0.5) is 0 Å². The topological polar surface area (TPSA) is 38.3 Å². The number of rotatable bonds is 0. The van der Waals surface area contributed by atoms with Crippen LogP contribution in [0.25, 0.3) is 0 Å². The summed E-state index contributed by atoms with van der Waals surface area (Å²) in [6.07, 6.45) is 11.7. The first-order chi connectivity index (χ1) is 8.29. The van der Waals surface area contributed by atoms with E-state index in [0.717, 1.165) is 25.7 Å². The highest BCUT2D eigenvalue weighted by molar-refractivity contribution is 5.80. The van der Waals surface area contributed by atoms with Crippen molar-refractivity contribution in [1.82, 2.24) is 5.32 Å². The van der Waals surface area contributed by atoms with Crippen molar-refractivity contribution in [3.8, 4) is 0 Å². The average molecular weight is 237 g/mol. The van der Waals surface area contributed by atoms with Gasteiger partial charge in [0.05, 0.1) is 12.0 Å². The van der Waals surface area contributed by atoms with Gasteiger partial charge in [0.15, 0.2) is 0 Å². The molecule has 3 rings (SSSR count). The van der Waals surface area contributed by atoms with E-state index in [-0.39, 0.29) is 23.7 Å². The molecule has 3 fully saturated rings. The fraction of sp³-hybridized carbons (Fsp3) is 0.929. The molecule has 96 valence electrons. The van der Waals surface area contributed by atoms with Crippen LogP contribution >= 0.6 is 0 Å². The number of ether oxygens (including phenoxy) is 1. The number of nitrogens with one attached hydrogen (secondary N) is 1. The summed E-state index contributed by atoms with van der Waals surface area (Å²) in [4.78, 5) is 12.2. The quantitative estimate of drug-likeness (QED) is 0.703. The SMILES string of the molecule is O=C1NC2(CCCCCC2)O[C@H]2CCCC[C@@H]12. The Bertz CT molecular complexity index is 295. The van der Waals surface area contributed by atoms with Crippen molar-refractivity contribution in [2.75, 3.05) is 0 Å². The summed E-state index contributed by atoms with van der Waals surface area (Å²) >= 11 is 0. The fourth-order valence-corrected chi connectivity index (χ4v) is 3.72. The molecule has 3 heteroatoms. The highest BCUT2D eigenvalue weighted by Gasteiger charge is 2.46. The number of carbonyl (C=O) groups excluding carboxylic acids is 1. The highest BCUT2D eigenvalue weighted by atomic mass is 16.5. The van der Waals surface area contributed by atoms with Gasteiger partial charge in [-0.3, -0.25) is 4.79 Å². The van der Waals surface area contributed by atoms with Gasteiger partial charge in [0.2, 0.25) is 5.91 Å². The van der Waals surface area contributed by atoms with Gasteiger partial charge in [-0.1, -0.05) is 25.7 Å². The Labute approximate surface area is 103 Å². The Balaban J connectivity index is 1.76. The van der Waals surface area contributed by atoms with Crippen molar-refractivity contribution in [3.05, 3.63) is 0 Å². The molecule has 0 aromatic carbocycles. The Morgan fingerprint density at radius 3 is 2.47 bits per heavy atom. The summed E-state index contributed by atoms with van der Waals surface area (Å²) in [6.45, 7) is 0. The monoisotopic (exact) mass is 237 g/mol. The molecular weight excluding hydrogens is 214 g/mol. The van der Waals surface area contributed by atoms with Crippen LogP contribution in [0.3, 0.4) is 0 Å². The molecule has 0 aromatic heterocycles. The molecule has 1 heterocycles. The summed E-state index contributed by atoms with van der Waals surface area (Å²) < 4.78 is 6.34. The molecule has 17 heavy (non-hydrogen) atoms. The van der Waals surface area contributed by atoms with Crippen molar-refractivity contribution in [3.63, 3.8) is 0 Å². The fourth-order valence-electron chi connectivity index (χ4n) is 3.72. The van der Waals surface area contributed by atoms with Crippen LogP contribution in [0.1, 0.15) is 64.2 Å². The van der Waals surface area contributed by atoms with Crippen LogP contribution in [0.2, 0.25) is 0 Å². The van der Waals surface area contributed by atoms with Crippen molar-refractivity contribution < 1.29 is 9.53 Å². The van der Waals surface area contributed by atoms with E-state index in [4.69, 9.17) is 4.74 Å². The minimum atomic E-state index is -0.300. The third kappa shape index (κ3) is 2.22. The van der Waals surface area contributed by atoms with Crippen molar-refractivity contribution in [2.45, 2.75) is 76.0 Å². The summed E-state index contributed by atoms with van der Waals surface area (Å²) in [6, 6.07) is 0. The van der Waals surface area contributed by atoms with Crippen LogP contribution in [-0.4, -0.2) is 17.7 Å². The second kappa shape index (κ2) is 4.60. The molecule has 2 atom stereocenters. The molecule has 1 spiro atoms. The first-order valence-corrected chi connectivity index (χ1v) is 7.29. The van der Waals surface area contributed by atoms with E-state index in [2.05, 4.69) is 5.32 Å². The first-order valence-electron chi connectivity index (χ1n) is 7.29. The number of hydrogen-bond acceptors (Lipinski definition) is 2. The van der Waals surface area contributed by atoms with Gasteiger partial charge in [0.25, 0.3) is 0 Å². The van der Waals surface area contributed by atoms with Crippen LogP contribution < -0.4 is 5.32 Å². The maximum Gasteiger partial charge on any atom is 0.227 e. The predicted molar refractivity (Wildman–Crippen MR) is 65.4 cm³/mol. The normalized spacial score (nSPS) is 37.1. The van der Waals surface area contributed by atoms with Crippen molar-refractivity contribution >= 4 is 5.91 Å². The lowest BCUT2D eigenvalue weighted by molar-refractivity contribution is -0.192. The molecule has 0 unspecified atom stereocenters. The van der Waals surface area contributed by atoms with Gasteiger partial charge >= 0.3 is 0 Å². The van der Waals surface area contributed by atoms with Crippen LogP contribution in [0.5, 0.6) is 0 Å². The lowest BCUT2D eigenvalue weighted by Gasteiger charge is -2.46. The summed E-state index contributed by atoms with van der Waals surface area (Å²) in [7, 11) is 0. The molecule has 2 saturated carbocycles. The van der Waals surface area contributed by atoms with Gasteiger partial charge in [0.1, 0.15) is 5.72 Å². The Morgan fingerprint density at radius 2 is 1.71 bits per heavy atom. The maximum atomic E-state index is 12.2. The summed E-state index contributed by atoms with van der Waals surface area (Å²) in [5.41, 5.74) is -0.300.